The molecular weight excluding hydrogens is 200 g/mol. The van der Waals surface area contributed by atoms with Crippen molar-refractivity contribution in [3.8, 4) is 5.75 Å². The summed E-state index contributed by atoms with van der Waals surface area (Å²) in [5.41, 5.74) is 7.12. The summed E-state index contributed by atoms with van der Waals surface area (Å²) < 4.78 is 5.26. The molecule has 2 unspecified atom stereocenters. The maximum Gasteiger partial charge on any atom is 0.119 e. The molecule has 1 aliphatic rings. The number of likely N-dealkylation sites (N-methyl/N-ethyl adjacent to an activating group) is 1. The van der Waals surface area contributed by atoms with Crippen molar-refractivity contribution in [1.29, 1.82) is 0 Å². The lowest BCUT2D eigenvalue weighted by atomic mass is 9.96. The average molecular weight is 220 g/mol. The summed E-state index contributed by atoms with van der Waals surface area (Å²) in [5, 5.41) is 0. The standard InChI is InChI=1S/C13H20N2O/c1-15-9-11(6-12(15)8-14)10-4-3-5-13(7-10)16-2/h3-5,7,11-12H,6,8-9,14H2,1-2H3. The summed E-state index contributed by atoms with van der Waals surface area (Å²) in [6.45, 7) is 1.84. The van der Waals surface area contributed by atoms with Gasteiger partial charge in [-0.1, -0.05) is 12.1 Å². The first-order valence-corrected chi connectivity index (χ1v) is 5.79. The Balaban J connectivity index is 2.13. The van der Waals surface area contributed by atoms with Crippen LogP contribution in [0.5, 0.6) is 5.75 Å². The van der Waals surface area contributed by atoms with Crippen molar-refractivity contribution < 1.29 is 4.74 Å². The second kappa shape index (κ2) is 4.85. The van der Waals surface area contributed by atoms with Crippen molar-refractivity contribution in [3.05, 3.63) is 29.8 Å². The Hall–Kier alpha value is -1.06. The Morgan fingerprint density at radius 1 is 1.50 bits per heavy atom. The van der Waals surface area contributed by atoms with Gasteiger partial charge in [-0.2, -0.15) is 0 Å². The van der Waals surface area contributed by atoms with Crippen molar-refractivity contribution in [2.75, 3.05) is 27.2 Å². The van der Waals surface area contributed by atoms with Gasteiger partial charge in [0.25, 0.3) is 0 Å². The van der Waals surface area contributed by atoms with Gasteiger partial charge in [0.15, 0.2) is 0 Å². The number of hydrogen-bond acceptors (Lipinski definition) is 3. The maximum atomic E-state index is 5.75. The van der Waals surface area contributed by atoms with Gasteiger partial charge in [-0.25, -0.2) is 0 Å². The van der Waals surface area contributed by atoms with E-state index in [4.69, 9.17) is 10.5 Å². The topological polar surface area (TPSA) is 38.5 Å². The fourth-order valence-electron chi connectivity index (χ4n) is 2.49. The fourth-order valence-corrected chi connectivity index (χ4v) is 2.49. The van der Waals surface area contributed by atoms with E-state index in [1.54, 1.807) is 7.11 Å². The van der Waals surface area contributed by atoms with E-state index in [1.165, 1.54) is 5.56 Å². The summed E-state index contributed by atoms with van der Waals surface area (Å²) in [7, 11) is 3.86. The van der Waals surface area contributed by atoms with Gasteiger partial charge in [0.05, 0.1) is 7.11 Å². The lowest BCUT2D eigenvalue weighted by Crippen LogP contribution is -2.31. The average Bonchev–Trinajstić information content (AvgIpc) is 2.71. The van der Waals surface area contributed by atoms with E-state index in [9.17, 15) is 0 Å². The van der Waals surface area contributed by atoms with Crippen LogP contribution < -0.4 is 10.5 Å². The number of nitrogens with two attached hydrogens (primary N) is 1. The van der Waals surface area contributed by atoms with Crippen LogP contribution in [0.25, 0.3) is 0 Å². The largest absolute Gasteiger partial charge is 0.497 e. The Bertz CT molecular complexity index is 354. The molecule has 0 spiro atoms. The summed E-state index contributed by atoms with van der Waals surface area (Å²) in [4.78, 5) is 2.35. The molecule has 3 heteroatoms. The molecule has 1 aliphatic heterocycles. The van der Waals surface area contributed by atoms with Crippen LogP contribution in [0.1, 0.15) is 17.9 Å². The summed E-state index contributed by atoms with van der Waals surface area (Å²) >= 11 is 0. The number of hydrogen-bond donors (Lipinski definition) is 1. The predicted octanol–water partition coefficient (Wildman–Crippen LogP) is 1.44. The van der Waals surface area contributed by atoms with E-state index in [-0.39, 0.29) is 0 Å². The molecule has 1 heterocycles. The van der Waals surface area contributed by atoms with Crippen LogP contribution in [0.15, 0.2) is 24.3 Å². The van der Waals surface area contributed by atoms with Crippen LogP contribution in [0.3, 0.4) is 0 Å². The van der Waals surface area contributed by atoms with E-state index in [0.717, 1.165) is 25.3 Å². The van der Waals surface area contributed by atoms with Crippen LogP contribution in [-0.4, -0.2) is 38.2 Å². The zero-order valence-corrected chi connectivity index (χ0v) is 10.0. The summed E-state index contributed by atoms with van der Waals surface area (Å²) in [6.07, 6.45) is 1.15. The van der Waals surface area contributed by atoms with Crippen LogP contribution in [0.2, 0.25) is 0 Å². The fraction of sp³-hybridized carbons (Fsp3) is 0.538. The van der Waals surface area contributed by atoms with Crippen molar-refractivity contribution in [2.45, 2.75) is 18.4 Å². The third kappa shape index (κ3) is 2.20. The van der Waals surface area contributed by atoms with Crippen molar-refractivity contribution in [1.82, 2.24) is 4.90 Å². The highest BCUT2D eigenvalue weighted by molar-refractivity contribution is 5.31. The third-order valence-electron chi connectivity index (χ3n) is 3.53. The number of likely N-dealkylation sites (tertiary alicyclic amines) is 1. The molecule has 0 amide bonds. The molecule has 2 atom stereocenters. The minimum atomic E-state index is 0.524. The van der Waals surface area contributed by atoms with Gasteiger partial charge < -0.3 is 15.4 Å². The molecule has 1 saturated heterocycles. The Kier molecular flexibility index (Phi) is 3.46. The van der Waals surface area contributed by atoms with Gasteiger partial charge in [-0.05, 0) is 37.1 Å². The van der Waals surface area contributed by atoms with Gasteiger partial charge in [0.1, 0.15) is 5.75 Å². The van der Waals surface area contributed by atoms with Gasteiger partial charge in [0.2, 0.25) is 0 Å². The molecule has 2 rings (SSSR count). The normalized spacial score (nSPS) is 25.9. The minimum Gasteiger partial charge on any atom is -0.497 e. The molecule has 0 radical (unpaired) electrons. The highest BCUT2D eigenvalue weighted by Gasteiger charge is 2.29. The van der Waals surface area contributed by atoms with Crippen LogP contribution in [0, 0.1) is 0 Å². The SMILES string of the molecule is COc1cccc(C2CC(CN)N(C)C2)c1. The van der Waals surface area contributed by atoms with E-state index in [0.29, 0.717) is 12.0 Å². The number of rotatable bonds is 3. The molecule has 16 heavy (non-hydrogen) atoms. The zero-order valence-electron chi connectivity index (χ0n) is 10.0. The molecule has 0 saturated carbocycles. The quantitative estimate of drug-likeness (QED) is 0.837. The highest BCUT2D eigenvalue weighted by atomic mass is 16.5. The maximum absolute atomic E-state index is 5.75. The smallest absolute Gasteiger partial charge is 0.119 e. The lowest BCUT2D eigenvalue weighted by molar-refractivity contribution is 0.316. The molecule has 2 N–H and O–H groups in total. The summed E-state index contributed by atoms with van der Waals surface area (Å²) in [6, 6.07) is 8.89. The predicted molar refractivity (Wildman–Crippen MR) is 65.8 cm³/mol. The minimum absolute atomic E-state index is 0.524. The van der Waals surface area contributed by atoms with E-state index < -0.39 is 0 Å². The van der Waals surface area contributed by atoms with Crippen LogP contribution >= 0.6 is 0 Å². The number of benzene rings is 1. The zero-order chi connectivity index (χ0) is 11.5. The molecule has 0 aromatic heterocycles. The second-order valence-electron chi connectivity index (χ2n) is 4.54. The first-order valence-electron chi connectivity index (χ1n) is 5.79. The molecular formula is C13H20N2O. The van der Waals surface area contributed by atoms with Gasteiger partial charge >= 0.3 is 0 Å². The molecule has 3 nitrogen and oxygen atoms in total. The lowest BCUT2D eigenvalue weighted by Gasteiger charge is -2.15. The number of ether oxygens (including phenoxy) is 1. The highest BCUT2D eigenvalue weighted by Crippen LogP contribution is 2.31. The van der Waals surface area contributed by atoms with Gasteiger partial charge in [0, 0.05) is 19.1 Å². The van der Waals surface area contributed by atoms with Gasteiger partial charge in [-0.15, -0.1) is 0 Å². The van der Waals surface area contributed by atoms with Gasteiger partial charge in [-0.3, -0.25) is 0 Å². The first kappa shape index (κ1) is 11.4. The Morgan fingerprint density at radius 3 is 2.94 bits per heavy atom. The van der Waals surface area contributed by atoms with E-state index in [1.807, 2.05) is 6.07 Å². The van der Waals surface area contributed by atoms with Crippen molar-refractivity contribution in [2.24, 2.45) is 5.73 Å². The number of nitrogens with zero attached hydrogens (tertiary/aromatic N) is 1. The molecule has 88 valence electrons. The second-order valence-corrected chi connectivity index (χ2v) is 4.54. The first-order chi connectivity index (χ1) is 7.74. The molecule has 0 bridgehead atoms. The monoisotopic (exact) mass is 220 g/mol. The number of methoxy groups -OCH3 is 1. The molecule has 1 aromatic rings. The molecule has 1 fully saturated rings. The van der Waals surface area contributed by atoms with Crippen molar-refractivity contribution >= 4 is 0 Å². The Morgan fingerprint density at radius 2 is 2.31 bits per heavy atom. The summed E-state index contributed by atoms with van der Waals surface area (Å²) in [5.74, 6) is 1.53. The Labute approximate surface area is 97.2 Å². The molecule has 1 aromatic carbocycles. The van der Waals surface area contributed by atoms with Crippen LogP contribution in [-0.2, 0) is 0 Å². The van der Waals surface area contributed by atoms with E-state index in [2.05, 4.69) is 30.1 Å². The van der Waals surface area contributed by atoms with Crippen molar-refractivity contribution in [3.63, 3.8) is 0 Å². The van der Waals surface area contributed by atoms with Crippen LogP contribution in [0.4, 0.5) is 0 Å². The molecule has 0 aliphatic carbocycles. The van der Waals surface area contributed by atoms with E-state index >= 15 is 0 Å². The third-order valence-corrected chi connectivity index (χ3v) is 3.53.